The lowest BCUT2D eigenvalue weighted by Gasteiger charge is -2.35. The van der Waals surface area contributed by atoms with Crippen molar-refractivity contribution in [3.63, 3.8) is 0 Å². The Bertz CT molecular complexity index is 578. The Morgan fingerprint density at radius 3 is 3.26 bits per heavy atom. The van der Waals surface area contributed by atoms with E-state index in [9.17, 15) is 5.26 Å². The molecule has 1 aliphatic carbocycles. The zero-order chi connectivity index (χ0) is 13.3. The van der Waals surface area contributed by atoms with Crippen molar-refractivity contribution < 1.29 is 0 Å². The largest absolute Gasteiger partial charge is 0.297 e. The predicted octanol–water partition coefficient (Wildman–Crippen LogP) is 4.05. The maximum atomic E-state index is 9.66. The number of thiazole rings is 1. The molecule has 0 aromatic carbocycles. The van der Waals surface area contributed by atoms with Gasteiger partial charge < -0.3 is 0 Å². The highest BCUT2D eigenvalue weighted by Gasteiger charge is 2.36. The topological polar surface area (TPSA) is 41.1 Å². The molecule has 0 amide bonds. The van der Waals surface area contributed by atoms with E-state index < -0.39 is 0 Å². The third kappa shape index (κ3) is 2.40. The second kappa shape index (κ2) is 4.97. The number of rotatable bonds is 3. The molecule has 0 saturated heterocycles. The number of imidazole rings is 1. The summed E-state index contributed by atoms with van der Waals surface area (Å²) in [6.45, 7) is 2.24. The Labute approximate surface area is 117 Å². The van der Waals surface area contributed by atoms with Gasteiger partial charge in [-0.25, -0.2) is 4.98 Å². The van der Waals surface area contributed by atoms with Gasteiger partial charge in [-0.15, -0.1) is 11.3 Å². The van der Waals surface area contributed by atoms with E-state index in [0.717, 1.165) is 35.8 Å². The molecule has 1 saturated carbocycles. The SMILES string of the molecule is CCC1CCCC(C#N)(Cc2cn3ccsc3n2)C1. The molecule has 0 radical (unpaired) electrons. The van der Waals surface area contributed by atoms with E-state index in [1.807, 2.05) is 11.6 Å². The van der Waals surface area contributed by atoms with Crippen molar-refractivity contribution in [1.29, 1.82) is 5.26 Å². The van der Waals surface area contributed by atoms with Crippen LogP contribution < -0.4 is 0 Å². The van der Waals surface area contributed by atoms with Gasteiger partial charge in [0.1, 0.15) is 0 Å². The third-order valence-electron chi connectivity index (χ3n) is 4.42. The van der Waals surface area contributed by atoms with Crippen LogP contribution >= 0.6 is 11.3 Å². The minimum absolute atomic E-state index is 0.178. The molecule has 1 aliphatic rings. The summed E-state index contributed by atoms with van der Waals surface area (Å²) in [6, 6.07) is 2.62. The number of hydrogen-bond acceptors (Lipinski definition) is 3. The Hall–Kier alpha value is -1.34. The van der Waals surface area contributed by atoms with Gasteiger partial charge in [0.25, 0.3) is 0 Å². The van der Waals surface area contributed by atoms with Crippen molar-refractivity contribution in [1.82, 2.24) is 9.38 Å². The highest BCUT2D eigenvalue weighted by Crippen LogP contribution is 2.42. The molecule has 0 N–H and O–H groups in total. The summed E-state index contributed by atoms with van der Waals surface area (Å²) in [4.78, 5) is 5.67. The van der Waals surface area contributed by atoms with E-state index in [-0.39, 0.29) is 5.41 Å². The molecule has 2 aromatic rings. The van der Waals surface area contributed by atoms with Gasteiger partial charge in [0.2, 0.25) is 0 Å². The van der Waals surface area contributed by atoms with Gasteiger partial charge in [-0.1, -0.05) is 26.2 Å². The fourth-order valence-electron chi connectivity index (χ4n) is 3.34. The molecular weight excluding hydrogens is 254 g/mol. The van der Waals surface area contributed by atoms with Gasteiger partial charge in [-0.3, -0.25) is 4.40 Å². The Kier molecular flexibility index (Phi) is 3.32. The molecule has 1 fully saturated rings. The van der Waals surface area contributed by atoms with Crippen LogP contribution in [0.3, 0.4) is 0 Å². The summed E-state index contributed by atoms with van der Waals surface area (Å²) < 4.78 is 2.06. The standard InChI is InChI=1S/C15H19N3S/c1-2-12-4-3-5-15(8-12,11-16)9-13-10-18-6-7-19-14(18)17-13/h6-7,10,12H,2-5,8-9H2,1H3. The molecule has 2 heterocycles. The number of nitrogens with zero attached hydrogens (tertiary/aromatic N) is 3. The zero-order valence-electron chi connectivity index (χ0n) is 11.3. The molecule has 2 aromatic heterocycles. The molecule has 3 nitrogen and oxygen atoms in total. The first-order valence-corrected chi connectivity index (χ1v) is 7.95. The average molecular weight is 273 g/mol. The average Bonchev–Trinajstić information content (AvgIpc) is 2.99. The molecule has 0 aliphatic heterocycles. The quantitative estimate of drug-likeness (QED) is 0.846. The maximum absolute atomic E-state index is 9.66. The first-order chi connectivity index (χ1) is 9.24. The molecule has 2 unspecified atom stereocenters. The second-order valence-electron chi connectivity index (χ2n) is 5.76. The van der Waals surface area contributed by atoms with Crippen LogP contribution in [0.2, 0.25) is 0 Å². The zero-order valence-corrected chi connectivity index (χ0v) is 12.1. The van der Waals surface area contributed by atoms with Crippen LogP contribution in [0.1, 0.15) is 44.7 Å². The van der Waals surface area contributed by atoms with Crippen LogP contribution in [0.4, 0.5) is 0 Å². The number of nitriles is 1. The normalized spacial score (nSPS) is 27.5. The minimum Gasteiger partial charge on any atom is -0.297 e. The second-order valence-corrected chi connectivity index (χ2v) is 6.64. The van der Waals surface area contributed by atoms with E-state index >= 15 is 0 Å². The lowest BCUT2D eigenvalue weighted by Crippen LogP contribution is -2.29. The molecule has 4 heteroatoms. The summed E-state index contributed by atoms with van der Waals surface area (Å²) >= 11 is 1.65. The highest BCUT2D eigenvalue weighted by atomic mass is 32.1. The first-order valence-electron chi connectivity index (χ1n) is 7.07. The van der Waals surface area contributed by atoms with E-state index in [2.05, 4.69) is 28.6 Å². The van der Waals surface area contributed by atoms with Crippen molar-refractivity contribution in [3.05, 3.63) is 23.5 Å². The summed E-state index contributed by atoms with van der Waals surface area (Å²) in [7, 11) is 0. The molecule has 100 valence electrons. The van der Waals surface area contributed by atoms with Crippen LogP contribution in [0.5, 0.6) is 0 Å². The monoisotopic (exact) mass is 273 g/mol. The van der Waals surface area contributed by atoms with Gasteiger partial charge in [0.15, 0.2) is 4.96 Å². The van der Waals surface area contributed by atoms with Gasteiger partial charge in [-0.2, -0.15) is 5.26 Å². The Morgan fingerprint density at radius 2 is 2.53 bits per heavy atom. The van der Waals surface area contributed by atoms with Crippen molar-refractivity contribution in [2.24, 2.45) is 11.3 Å². The first kappa shape index (κ1) is 12.7. The summed E-state index contributed by atoms with van der Waals surface area (Å²) in [5, 5.41) is 11.7. The van der Waals surface area contributed by atoms with E-state index in [1.165, 1.54) is 19.3 Å². The van der Waals surface area contributed by atoms with Crippen molar-refractivity contribution in [2.45, 2.75) is 45.4 Å². The summed E-state index contributed by atoms with van der Waals surface area (Å²) in [6.07, 6.45) is 10.7. The highest BCUT2D eigenvalue weighted by molar-refractivity contribution is 7.15. The van der Waals surface area contributed by atoms with Crippen LogP contribution in [-0.4, -0.2) is 9.38 Å². The smallest absolute Gasteiger partial charge is 0.193 e. The Morgan fingerprint density at radius 1 is 1.63 bits per heavy atom. The van der Waals surface area contributed by atoms with Gasteiger partial charge in [0, 0.05) is 24.2 Å². The predicted molar refractivity (Wildman–Crippen MR) is 77.1 cm³/mol. The van der Waals surface area contributed by atoms with Crippen LogP contribution in [0.25, 0.3) is 4.96 Å². The number of aromatic nitrogens is 2. The van der Waals surface area contributed by atoms with E-state index in [0.29, 0.717) is 0 Å². The maximum Gasteiger partial charge on any atom is 0.193 e. The van der Waals surface area contributed by atoms with Crippen LogP contribution in [0.15, 0.2) is 17.8 Å². The molecular formula is C15H19N3S. The number of fused-ring (bicyclic) bond motifs is 1. The van der Waals surface area contributed by atoms with Crippen molar-refractivity contribution in [3.8, 4) is 6.07 Å². The molecule has 3 rings (SSSR count). The van der Waals surface area contributed by atoms with E-state index in [1.54, 1.807) is 11.3 Å². The van der Waals surface area contributed by atoms with Crippen LogP contribution in [0, 0.1) is 22.7 Å². The lowest BCUT2D eigenvalue weighted by molar-refractivity contribution is 0.193. The molecule has 2 atom stereocenters. The molecule has 19 heavy (non-hydrogen) atoms. The van der Waals surface area contributed by atoms with Crippen molar-refractivity contribution in [2.75, 3.05) is 0 Å². The Balaban J connectivity index is 1.82. The van der Waals surface area contributed by atoms with Gasteiger partial charge >= 0.3 is 0 Å². The minimum atomic E-state index is -0.178. The number of hydrogen-bond donors (Lipinski definition) is 0. The summed E-state index contributed by atoms with van der Waals surface area (Å²) in [5.74, 6) is 0.720. The van der Waals surface area contributed by atoms with E-state index in [4.69, 9.17) is 0 Å². The van der Waals surface area contributed by atoms with Crippen molar-refractivity contribution >= 4 is 16.3 Å². The molecule has 0 spiro atoms. The third-order valence-corrected chi connectivity index (χ3v) is 5.20. The lowest BCUT2D eigenvalue weighted by atomic mass is 9.67. The van der Waals surface area contributed by atoms with Gasteiger partial charge in [-0.05, 0) is 18.8 Å². The van der Waals surface area contributed by atoms with Gasteiger partial charge in [0.05, 0.1) is 17.2 Å². The fourth-order valence-corrected chi connectivity index (χ4v) is 4.06. The molecule has 0 bridgehead atoms. The fraction of sp³-hybridized carbons (Fsp3) is 0.600. The van der Waals surface area contributed by atoms with Crippen LogP contribution in [-0.2, 0) is 6.42 Å². The summed E-state index contributed by atoms with van der Waals surface area (Å²) in [5.41, 5.74) is 0.897.